The van der Waals surface area contributed by atoms with Gasteiger partial charge in [0.05, 0.1) is 16.1 Å². The van der Waals surface area contributed by atoms with Crippen molar-refractivity contribution in [3.63, 3.8) is 0 Å². The second-order valence-electron chi connectivity index (χ2n) is 6.82. The van der Waals surface area contributed by atoms with Gasteiger partial charge in [-0.2, -0.15) is 0 Å². The largest absolute Gasteiger partial charge is 0.294 e. The van der Waals surface area contributed by atoms with E-state index in [0.717, 1.165) is 10.5 Å². The molecule has 1 aliphatic rings. The van der Waals surface area contributed by atoms with Gasteiger partial charge in [0.2, 0.25) is 0 Å². The van der Waals surface area contributed by atoms with Gasteiger partial charge in [-0.25, -0.2) is 4.90 Å². The number of carbonyl (C=O) groups is 2. The minimum absolute atomic E-state index is 0.0378. The van der Waals surface area contributed by atoms with Gasteiger partial charge in [0, 0.05) is 10.5 Å². The molecule has 1 heterocycles. The summed E-state index contributed by atoms with van der Waals surface area (Å²) >= 11 is 3.32. The van der Waals surface area contributed by atoms with Crippen LogP contribution in [0.3, 0.4) is 0 Å². The Labute approximate surface area is 152 Å². The van der Waals surface area contributed by atoms with Gasteiger partial charge in [0.25, 0.3) is 17.5 Å². The lowest BCUT2D eigenvalue weighted by atomic mass is 9.86. The Bertz CT molecular complexity index is 896. The van der Waals surface area contributed by atoms with Crippen LogP contribution in [0.15, 0.2) is 40.9 Å². The van der Waals surface area contributed by atoms with Crippen LogP contribution in [0.1, 0.15) is 47.1 Å². The topological polar surface area (TPSA) is 80.5 Å². The standard InChI is InChI=1S/C18H15BrN2O4/c1-18(2,3)10-8-13(19)15(14(9-10)21(24)25)20-16(22)11-6-4-5-7-12(11)17(20)23/h4-9H,1-3H3. The molecular weight excluding hydrogens is 388 g/mol. The molecule has 0 aromatic heterocycles. The van der Waals surface area contributed by atoms with Crippen LogP contribution < -0.4 is 4.90 Å². The Hall–Kier alpha value is -2.54. The van der Waals surface area contributed by atoms with Crippen LogP contribution in [-0.2, 0) is 5.41 Å². The summed E-state index contributed by atoms with van der Waals surface area (Å²) in [5.41, 5.74) is 0.569. The van der Waals surface area contributed by atoms with Crippen LogP contribution in [0.5, 0.6) is 0 Å². The maximum absolute atomic E-state index is 12.7. The van der Waals surface area contributed by atoms with E-state index < -0.39 is 16.7 Å². The Morgan fingerprint density at radius 1 is 1.04 bits per heavy atom. The summed E-state index contributed by atoms with van der Waals surface area (Å²) in [4.78, 5) is 37.3. The average Bonchev–Trinajstić information content (AvgIpc) is 2.78. The molecule has 0 fully saturated rings. The van der Waals surface area contributed by atoms with Crippen LogP contribution in [0.25, 0.3) is 0 Å². The first-order valence-corrected chi connectivity index (χ1v) is 8.38. The van der Waals surface area contributed by atoms with Crippen molar-refractivity contribution >= 4 is 39.1 Å². The second kappa shape index (κ2) is 5.77. The molecule has 0 radical (unpaired) electrons. The molecular formula is C18H15BrN2O4. The van der Waals surface area contributed by atoms with E-state index in [4.69, 9.17) is 0 Å². The van der Waals surface area contributed by atoms with Crippen molar-refractivity contribution in [2.24, 2.45) is 0 Å². The van der Waals surface area contributed by atoms with Gasteiger partial charge in [-0.1, -0.05) is 32.9 Å². The Morgan fingerprint density at radius 2 is 1.56 bits per heavy atom. The number of rotatable bonds is 2. The van der Waals surface area contributed by atoms with E-state index in [1.165, 1.54) is 6.07 Å². The lowest BCUT2D eigenvalue weighted by molar-refractivity contribution is -0.384. The summed E-state index contributed by atoms with van der Waals surface area (Å²) in [6, 6.07) is 9.52. The zero-order valence-corrected chi connectivity index (χ0v) is 15.5. The molecule has 0 atom stereocenters. The van der Waals surface area contributed by atoms with Crippen LogP contribution in [0, 0.1) is 10.1 Å². The summed E-state index contributed by atoms with van der Waals surface area (Å²) < 4.78 is 0.334. The molecule has 1 aliphatic heterocycles. The first-order chi connectivity index (χ1) is 11.6. The van der Waals surface area contributed by atoms with Crippen LogP contribution in [0.2, 0.25) is 0 Å². The van der Waals surface area contributed by atoms with E-state index in [-0.39, 0.29) is 27.9 Å². The smallest absolute Gasteiger partial charge is 0.268 e. The summed E-state index contributed by atoms with van der Waals surface area (Å²) in [5.74, 6) is -1.12. The van der Waals surface area contributed by atoms with E-state index in [9.17, 15) is 19.7 Å². The zero-order valence-electron chi connectivity index (χ0n) is 13.9. The van der Waals surface area contributed by atoms with E-state index in [1.807, 2.05) is 20.8 Å². The molecule has 0 spiro atoms. The summed E-state index contributed by atoms with van der Waals surface area (Å²) in [6.07, 6.45) is 0. The summed E-state index contributed by atoms with van der Waals surface area (Å²) in [5, 5.41) is 11.6. The van der Waals surface area contributed by atoms with E-state index in [1.54, 1.807) is 30.3 Å². The van der Waals surface area contributed by atoms with Crippen molar-refractivity contribution in [3.8, 4) is 0 Å². The highest BCUT2D eigenvalue weighted by atomic mass is 79.9. The van der Waals surface area contributed by atoms with Gasteiger partial charge in [0.15, 0.2) is 0 Å². The van der Waals surface area contributed by atoms with Crippen LogP contribution in [0.4, 0.5) is 11.4 Å². The van der Waals surface area contributed by atoms with E-state index in [2.05, 4.69) is 15.9 Å². The number of nitrogens with zero attached hydrogens (tertiary/aromatic N) is 2. The third-order valence-corrected chi connectivity index (χ3v) is 4.73. The maximum atomic E-state index is 12.7. The van der Waals surface area contributed by atoms with E-state index >= 15 is 0 Å². The average molecular weight is 403 g/mol. The molecule has 0 saturated carbocycles. The number of nitro groups is 1. The highest BCUT2D eigenvalue weighted by molar-refractivity contribution is 9.10. The first kappa shape index (κ1) is 17.3. The van der Waals surface area contributed by atoms with Crippen LogP contribution >= 0.6 is 15.9 Å². The molecule has 2 amide bonds. The van der Waals surface area contributed by atoms with Gasteiger partial charge in [-0.3, -0.25) is 19.7 Å². The number of fused-ring (bicyclic) bond motifs is 1. The number of hydrogen-bond acceptors (Lipinski definition) is 4. The lowest BCUT2D eigenvalue weighted by Gasteiger charge is -2.22. The Kier molecular flexibility index (Phi) is 3.99. The van der Waals surface area contributed by atoms with Crippen LogP contribution in [-0.4, -0.2) is 16.7 Å². The van der Waals surface area contributed by atoms with Gasteiger partial charge < -0.3 is 0 Å². The fraction of sp³-hybridized carbons (Fsp3) is 0.222. The number of imide groups is 1. The monoisotopic (exact) mass is 402 g/mol. The summed E-state index contributed by atoms with van der Waals surface area (Å²) in [6.45, 7) is 5.79. The fourth-order valence-electron chi connectivity index (χ4n) is 2.77. The highest BCUT2D eigenvalue weighted by Gasteiger charge is 2.41. The molecule has 0 bridgehead atoms. The number of nitro benzene ring substituents is 1. The Morgan fingerprint density at radius 3 is 2.00 bits per heavy atom. The maximum Gasteiger partial charge on any atom is 0.294 e. The predicted molar refractivity (Wildman–Crippen MR) is 97.1 cm³/mol. The minimum atomic E-state index is -0.571. The third-order valence-electron chi connectivity index (χ3n) is 4.12. The SMILES string of the molecule is CC(C)(C)c1cc(Br)c(N2C(=O)c3ccccc3C2=O)c([N+](=O)[O-])c1. The number of hydrogen-bond donors (Lipinski definition) is 0. The van der Waals surface area contributed by atoms with Gasteiger partial charge in [-0.15, -0.1) is 0 Å². The molecule has 0 unspecified atom stereocenters. The molecule has 0 aliphatic carbocycles. The minimum Gasteiger partial charge on any atom is -0.268 e. The number of benzene rings is 2. The molecule has 128 valence electrons. The predicted octanol–water partition coefficient (Wildman–Crippen LogP) is 4.46. The second-order valence-corrected chi connectivity index (χ2v) is 7.68. The molecule has 2 aromatic carbocycles. The van der Waals surface area contributed by atoms with Gasteiger partial charge in [-0.05, 0) is 45.1 Å². The number of carbonyl (C=O) groups excluding carboxylic acids is 2. The molecule has 6 nitrogen and oxygen atoms in total. The zero-order chi connectivity index (χ0) is 18.5. The van der Waals surface area contributed by atoms with Crippen molar-refractivity contribution in [2.75, 3.05) is 4.90 Å². The van der Waals surface area contributed by atoms with Gasteiger partial charge in [0.1, 0.15) is 5.69 Å². The van der Waals surface area contributed by atoms with Gasteiger partial charge >= 0.3 is 0 Å². The van der Waals surface area contributed by atoms with Crippen molar-refractivity contribution in [1.82, 2.24) is 0 Å². The van der Waals surface area contributed by atoms with E-state index in [0.29, 0.717) is 4.47 Å². The third kappa shape index (κ3) is 2.74. The molecule has 3 rings (SSSR count). The lowest BCUT2D eigenvalue weighted by Crippen LogP contribution is -2.30. The van der Waals surface area contributed by atoms with Crippen molar-refractivity contribution < 1.29 is 14.5 Å². The number of anilines is 1. The van der Waals surface area contributed by atoms with Crippen molar-refractivity contribution in [1.29, 1.82) is 0 Å². The number of halogens is 1. The molecule has 0 N–H and O–H groups in total. The molecule has 7 heteroatoms. The quantitative estimate of drug-likeness (QED) is 0.421. The normalized spacial score (nSPS) is 14.0. The highest BCUT2D eigenvalue weighted by Crippen LogP contribution is 2.42. The molecule has 2 aromatic rings. The Balaban J connectivity index is 2.24. The first-order valence-electron chi connectivity index (χ1n) is 7.59. The molecule has 25 heavy (non-hydrogen) atoms. The number of amides is 2. The fourth-order valence-corrected chi connectivity index (χ4v) is 3.40. The summed E-state index contributed by atoms with van der Waals surface area (Å²) in [7, 11) is 0. The molecule has 0 saturated heterocycles. The van der Waals surface area contributed by atoms with Crippen molar-refractivity contribution in [2.45, 2.75) is 26.2 Å². The van der Waals surface area contributed by atoms with Crippen molar-refractivity contribution in [3.05, 3.63) is 67.7 Å².